The summed E-state index contributed by atoms with van der Waals surface area (Å²) in [7, 11) is 0. The minimum absolute atomic E-state index is 0.0190. The van der Waals surface area contributed by atoms with Crippen molar-refractivity contribution in [3.8, 4) is 0 Å². The quantitative estimate of drug-likeness (QED) is 0.825. The summed E-state index contributed by atoms with van der Waals surface area (Å²) in [5.41, 5.74) is 5.49. The molecule has 1 aromatic heterocycles. The molecule has 1 fully saturated rings. The van der Waals surface area contributed by atoms with Gasteiger partial charge in [0.1, 0.15) is 12.4 Å². The molecule has 1 amide bonds. The maximum atomic E-state index is 11.9. The maximum Gasteiger partial charge on any atom is 0.241 e. The van der Waals surface area contributed by atoms with Gasteiger partial charge in [-0.3, -0.25) is 9.48 Å². The highest BCUT2D eigenvalue weighted by molar-refractivity contribution is 5.76. The van der Waals surface area contributed by atoms with Gasteiger partial charge in [-0.1, -0.05) is 13.8 Å². The zero-order chi connectivity index (χ0) is 14.0. The van der Waals surface area contributed by atoms with Gasteiger partial charge in [-0.05, 0) is 19.4 Å². The van der Waals surface area contributed by atoms with Crippen LogP contribution >= 0.6 is 0 Å². The Morgan fingerprint density at radius 1 is 1.68 bits per heavy atom. The van der Waals surface area contributed by atoms with Crippen molar-refractivity contribution in [2.24, 2.45) is 5.41 Å². The maximum absolute atomic E-state index is 11.9. The molecule has 6 heteroatoms. The van der Waals surface area contributed by atoms with Crippen molar-refractivity contribution in [3.63, 3.8) is 0 Å². The van der Waals surface area contributed by atoms with Gasteiger partial charge in [-0.25, -0.2) is 0 Å². The predicted octanol–water partition coefficient (Wildman–Crippen LogP) is 0.785. The van der Waals surface area contributed by atoms with E-state index in [-0.39, 0.29) is 30.0 Å². The Labute approximate surface area is 113 Å². The fourth-order valence-corrected chi connectivity index (χ4v) is 2.47. The summed E-state index contributed by atoms with van der Waals surface area (Å²) >= 11 is 0. The summed E-state index contributed by atoms with van der Waals surface area (Å²) in [4.78, 5) is 11.9. The number of hydrogen-bond donors (Lipinski definition) is 2. The molecule has 106 valence electrons. The second-order valence-corrected chi connectivity index (χ2v) is 5.56. The third-order valence-electron chi connectivity index (χ3n) is 3.85. The molecule has 19 heavy (non-hydrogen) atoms. The van der Waals surface area contributed by atoms with E-state index in [9.17, 15) is 4.79 Å². The lowest BCUT2D eigenvalue weighted by Gasteiger charge is -2.51. The van der Waals surface area contributed by atoms with E-state index in [1.54, 1.807) is 12.3 Å². The Kier molecular flexibility index (Phi) is 3.80. The highest BCUT2D eigenvalue weighted by Crippen LogP contribution is 2.42. The number of aromatic nitrogens is 2. The van der Waals surface area contributed by atoms with E-state index < -0.39 is 0 Å². The highest BCUT2D eigenvalue weighted by atomic mass is 16.5. The SMILES string of the molecule is CCOC1CC(NC(=O)Cn2ccc(N)n2)C1(C)C. The Morgan fingerprint density at radius 2 is 2.42 bits per heavy atom. The van der Waals surface area contributed by atoms with Crippen LogP contribution in [0.25, 0.3) is 0 Å². The summed E-state index contributed by atoms with van der Waals surface area (Å²) in [5, 5.41) is 7.02. The number of ether oxygens (including phenoxy) is 1. The van der Waals surface area contributed by atoms with Crippen LogP contribution in [0.4, 0.5) is 5.82 Å². The standard InChI is InChI=1S/C13H22N4O2/c1-4-19-10-7-9(13(10,2)3)15-12(18)8-17-6-5-11(14)16-17/h5-6,9-10H,4,7-8H2,1-3H3,(H2,14,16)(H,15,18). The van der Waals surface area contributed by atoms with Crippen molar-refractivity contribution >= 4 is 11.7 Å². The topological polar surface area (TPSA) is 82.2 Å². The third-order valence-corrected chi connectivity index (χ3v) is 3.85. The van der Waals surface area contributed by atoms with Crippen LogP contribution in [-0.4, -0.2) is 34.4 Å². The van der Waals surface area contributed by atoms with Crippen molar-refractivity contribution in [2.45, 2.75) is 45.9 Å². The summed E-state index contributed by atoms with van der Waals surface area (Å²) < 4.78 is 7.18. The number of carbonyl (C=O) groups excluding carboxylic acids is 1. The smallest absolute Gasteiger partial charge is 0.241 e. The number of nitrogens with one attached hydrogen (secondary N) is 1. The third kappa shape index (κ3) is 2.89. The fraction of sp³-hybridized carbons (Fsp3) is 0.692. The van der Waals surface area contributed by atoms with Gasteiger partial charge in [0.05, 0.1) is 6.10 Å². The summed E-state index contributed by atoms with van der Waals surface area (Å²) in [5.74, 6) is 0.379. The second kappa shape index (κ2) is 5.21. The first-order valence-corrected chi connectivity index (χ1v) is 6.63. The molecular formula is C13H22N4O2. The van der Waals surface area contributed by atoms with Crippen molar-refractivity contribution in [3.05, 3.63) is 12.3 Å². The summed E-state index contributed by atoms with van der Waals surface area (Å²) in [6.45, 7) is 7.13. The Hall–Kier alpha value is -1.56. The lowest BCUT2D eigenvalue weighted by atomic mass is 9.64. The van der Waals surface area contributed by atoms with Crippen LogP contribution in [0.2, 0.25) is 0 Å². The molecule has 1 aliphatic carbocycles. The van der Waals surface area contributed by atoms with E-state index in [1.807, 2.05) is 6.92 Å². The monoisotopic (exact) mass is 266 g/mol. The first-order valence-electron chi connectivity index (χ1n) is 6.63. The average Bonchev–Trinajstić information content (AvgIpc) is 2.73. The van der Waals surface area contributed by atoms with E-state index in [1.165, 1.54) is 4.68 Å². The summed E-state index contributed by atoms with van der Waals surface area (Å²) in [6, 6.07) is 1.83. The molecule has 3 N–H and O–H groups in total. The number of carbonyl (C=O) groups is 1. The fourth-order valence-electron chi connectivity index (χ4n) is 2.47. The molecule has 0 aromatic carbocycles. The van der Waals surface area contributed by atoms with Gasteiger partial charge in [0.15, 0.2) is 0 Å². The molecule has 1 saturated carbocycles. The molecule has 0 saturated heterocycles. The Morgan fingerprint density at radius 3 is 2.95 bits per heavy atom. The molecule has 0 spiro atoms. The van der Waals surface area contributed by atoms with Crippen LogP contribution in [-0.2, 0) is 16.1 Å². The van der Waals surface area contributed by atoms with Crippen LogP contribution < -0.4 is 11.1 Å². The molecule has 1 aliphatic rings. The molecule has 2 atom stereocenters. The van der Waals surface area contributed by atoms with E-state index in [4.69, 9.17) is 10.5 Å². The lowest BCUT2D eigenvalue weighted by Crippen LogP contribution is -2.62. The number of rotatable bonds is 5. The number of amides is 1. The lowest BCUT2D eigenvalue weighted by molar-refractivity contribution is -0.137. The number of nitrogens with zero attached hydrogens (tertiary/aromatic N) is 2. The van der Waals surface area contributed by atoms with Crippen molar-refractivity contribution in [2.75, 3.05) is 12.3 Å². The van der Waals surface area contributed by atoms with Gasteiger partial charge in [0.25, 0.3) is 0 Å². The number of nitrogens with two attached hydrogens (primary N) is 1. The van der Waals surface area contributed by atoms with Crippen molar-refractivity contribution in [1.82, 2.24) is 15.1 Å². The minimum Gasteiger partial charge on any atom is -0.382 e. The van der Waals surface area contributed by atoms with E-state index >= 15 is 0 Å². The molecule has 2 rings (SSSR count). The van der Waals surface area contributed by atoms with Crippen LogP contribution in [0.1, 0.15) is 27.2 Å². The van der Waals surface area contributed by atoms with Gasteiger partial charge in [-0.15, -0.1) is 0 Å². The van der Waals surface area contributed by atoms with Crippen LogP contribution in [0.5, 0.6) is 0 Å². The Bertz CT molecular complexity index is 455. The average molecular weight is 266 g/mol. The van der Waals surface area contributed by atoms with Crippen LogP contribution in [0, 0.1) is 5.41 Å². The molecule has 6 nitrogen and oxygen atoms in total. The zero-order valence-electron chi connectivity index (χ0n) is 11.7. The normalized spacial score (nSPS) is 24.8. The summed E-state index contributed by atoms with van der Waals surface area (Å²) in [6.07, 6.45) is 2.79. The molecule has 0 aliphatic heterocycles. The molecular weight excluding hydrogens is 244 g/mol. The number of nitrogen functional groups attached to an aromatic ring is 1. The van der Waals surface area contributed by atoms with Crippen molar-refractivity contribution in [1.29, 1.82) is 0 Å². The largest absolute Gasteiger partial charge is 0.382 e. The number of anilines is 1. The van der Waals surface area contributed by atoms with E-state index in [2.05, 4.69) is 24.3 Å². The number of hydrogen-bond acceptors (Lipinski definition) is 4. The first-order chi connectivity index (χ1) is 8.93. The van der Waals surface area contributed by atoms with E-state index in [0.717, 1.165) is 6.42 Å². The molecule has 0 radical (unpaired) electrons. The van der Waals surface area contributed by atoms with Gasteiger partial charge < -0.3 is 15.8 Å². The molecule has 0 bridgehead atoms. The van der Waals surface area contributed by atoms with E-state index in [0.29, 0.717) is 12.4 Å². The minimum atomic E-state index is -0.0453. The molecule has 1 heterocycles. The predicted molar refractivity (Wildman–Crippen MR) is 72.4 cm³/mol. The molecule has 1 aromatic rings. The second-order valence-electron chi connectivity index (χ2n) is 5.56. The van der Waals surface area contributed by atoms with Gasteiger partial charge in [0, 0.05) is 24.3 Å². The van der Waals surface area contributed by atoms with Crippen LogP contribution in [0.15, 0.2) is 12.3 Å². The van der Waals surface area contributed by atoms with Gasteiger partial charge in [-0.2, -0.15) is 5.10 Å². The van der Waals surface area contributed by atoms with Gasteiger partial charge >= 0.3 is 0 Å². The highest BCUT2D eigenvalue weighted by Gasteiger charge is 2.49. The molecule has 2 unspecified atom stereocenters. The zero-order valence-corrected chi connectivity index (χ0v) is 11.7. The van der Waals surface area contributed by atoms with Crippen LogP contribution in [0.3, 0.4) is 0 Å². The van der Waals surface area contributed by atoms with Crippen molar-refractivity contribution < 1.29 is 9.53 Å². The first kappa shape index (κ1) is 13.9. The van der Waals surface area contributed by atoms with Gasteiger partial charge in [0.2, 0.25) is 5.91 Å². The Balaban J connectivity index is 1.84.